The molecule has 0 radical (unpaired) electrons. The Balaban J connectivity index is 2.07. The summed E-state index contributed by atoms with van der Waals surface area (Å²) in [5, 5.41) is 7.14. The summed E-state index contributed by atoms with van der Waals surface area (Å²) in [6.45, 7) is 1.92. The molecule has 0 unspecified atom stereocenters. The Kier molecular flexibility index (Phi) is 3.85. The summed E-state index contributed by atoms with van der Waals surface area (Å²) >= 11 is 5.92. The molecule has 19 heavy (non-hydrogen) atoms. The van der Waals surface area contributed by atoms with Crippen LogP contribution in [-0.2, 0) is 13.6 Å². The largest absolute Gasteiger partial charge is 0.346 e. The molecule has 0 atom stereocenters. The number of carbonyl (C=O) groups is 1. The maximum atomic E-state index is 13.6. The van der Waals surface area contributed by atoms with Crippen molar-refractivity contribution in [1.82, 2.24) is 15.1 Å². The average Bonchev–Trinajstić information content (AvgIpc) is 2.65. The van der Waals surface area contributed by atoms with Gasteiger partial charge >= 0.3 is 0 Å². The SMILES string of the molecule is Cc1ccc(C(=O)NCc2nn(C)cc2Cl)c(F)c1. The molecule has 1 N–H and O–H groups in total. The van der Waals surface area contributed by atoms with Crippen LogP contribution in [0, 0.1) is 12.7 Å². The Labute approximate surface area is 115 Å². The van der Waals surface area contributed by atoms with Crippen LogP contribution in [0.5, 0.6) is 0 Å². The molecule has 0 bridgehead atoms. The van der Waals surface area contributed by atoms with Gasteiger partial charge in [-0.05, 0) is 24.6 Å². The third kappa shape index (κ3) is 3.12. The minimum Gasteiger partial charge on any atom is -0.346 e. The fraction of sp³-hybridized carbons (Fsp3) is 0.231. The van der Waals surface area contributed by atoms with Crippen molar-refractivity contribution in [2.24, 2.45) is 7.05 Å². The van der Waals surface area contributed by atoms with E-state index in [1.54, 1.807) is 30.9 Å². The molecule has 0 spiro atoms. The normalized spacial score (nSPS) is 10.5. The van der Waals surface area contributed by atoms with E-state index in [0.717, 1.165) is 5.56 Å². The summed E-state index contributed by atoms with van der Waals surface area (Å²) in [7, 11) is 1.73. The van der Waals surface area contributed by atoms with Crippen LogP contribution < -0.4 is 5.32 Å². The molecule has 1 heterocycles. The van der Waals surface area contributed by atoms with E-state index in [-0.39, 0.29) is 12.1 Å². The first kappa shape index (κ1) is 13.5. The molecule has 0 saturated heterocycles. The second-order valence-electron chi connectivity index (χ2n) is 4.26. The number of aryl methyl sites for hydroxylation is 2. The predicted molar refractivity (Wildman–Crippen MR) is 70.5 cm³/mol. The lowest BCUT2D eigenvalue weighted by atomic mass is 10.1. The highest BCUT2D eigenvalue weighted by molar-refractivity contribution is 6.31. The van der Waals surface area contributed by atoms with Gasteiger partial charge in [0.05, 0.1) is 17.1 Å². The van der Waals surface area contributed by atoms with Crippen molar-refractivity contribution in [2.45, 2.75) is 13.5 Å². The van der Waals surface area contributed by atoms with Crippen LogP contribution in [0.15, 0.2) is 24.4 Å². The number of hydrogen-bond donors (Lipinski definition) is 1. The number of halogens is 2. The lowest BCUT2D eigenvalue weighted by Gasteiger charge is -2.05. The van der Waals surface area contributed by atoms with Gasteiger partial charge in [0.2, 0.25) is 0 Å². The number of hydrogen-bond acceptors (Lipinski definition) is 2. The van der Waals surface area contributed by atoms with E-state index in [9.17, 15) is 9.18 Å². The second-order valence-corrected chi connectivity index (χ2v) is 4.67. The van der Waals surface area contributed by atoms with Crippen LogP contribution in [-0.4, -0.2) is 15.7 Å². The van der Waals surface area contributed by atoms with E-state index in [4.69, 9.17) is 11.6 Å². The summed E-state index contributed by atoms with van der Waals surface area (Å²) < 4.78 is 15.2. The van der Waals surface area contributed by atoms with Gasteiger partial charge < -0.3 is 5.32 Å². The molecule has 1 aromatic carbocycles. The fourth-order valence-corrected chi connectivity index (χ4v) is 1.93. The van der Waals surface area contributed by atoms with Gasteiger partial charge in [0, 0.05) is 13.2 Å². The highest BCUT2D eigenvalue weighted by Gasteiger charge is 2.13. The van der Waals surface area contributed by atoms with Gasteiger partial charge in [0.1, 0.15) is 11.5 Å². The predicted octanol–water partition coefficient (Wildman–Crippen LogP) is 2.45. The molecule has 0 aliphatic carbocycles. The van der Waals surface area contributed by atoms with Crippen LogP contribution in [0.2, 0.25) is 5.02 Å². The van der Waals surface area contributed by atoms with E-state index >= 15 is 0 Å². The molecular formula is C13H13ClFN3O. The first-order valence-electron chi connectivity index (χ1n) is 5.69. The zero-order valence-electron chi connectivity index (χ0n) is 10.6. The third-order valence-electron chi connectivity index (χ3n) is 2.64. The van der Waals surface area contributed by atoms with Crippen molar-refractivity contribution in [2.75, 3.05) is 0 Å². The zero-order valence-corrected chi connectivity index (χ0v) is 11.3. The molecule has 6 heteroatoms. The second kappa shape index (κ2) is 5.40. The minimum atomic E-state index is -0.537. The van der Waals surface area contributed by atoms with Crippen LogP contribution in [0.1, 0.15) is 21.6 Å². The van der Waals surface area contributed by atoms with Crippen LogP contribution >= 0.6 is 11.6 Å². The zero-order chi connectivity index (χ0) is 14.0. The highest BCUT2D eigenvalue weighted by Crippen LogP contribution is 2.14. The number of aromatic nitrogens is 2. The Bertz CT molecular complexity index is 624. The van der Waals surface area contributed by atoms with Gasteiger partial charge in [-0.1, -0.05) is 17.7 Å². The molecule has 4 nitrogen and oxygen atoms in total. The molecule has 2 rings (SSSR count). The van der Waals surface area contributed by atoms with Gasteiger partial charge in [-0.25, -0.2) is 4.39 Å². The first-order valence-corrected chi connectivity index (χ1v) is 6.07. The number of amides is 1. The maximum Gasteiger partial charge on any atom is 0.254 e. The van der Waals surface area contributed by atoms with E-state index in [1.165, 1.54) is 12.1 Å². The highest BCUT2D eigenvalue weighted by atomic mass is 35.5. The minimum absolute atomic E-state index is 0.0117. The Hall–Kier alpha value is -1.88. The number of carbonyl (C=O) groups excluding carboxylic acids is 1. The van der Waals surface area contributed by atoms with Crippen LogP contribution in [0.25, 0.3) is 0 Å². The monoisotopic (exact) mass is 281 g/mol. The molecule has 0 fully saturated rings. The quantitative estimate of drug-likeness (QED) is 0.939. The Morgan fingerprint density at radius 1 is 1.53 bits per heavy atom. The Morgan fingerprint density at radius 3 is 2.84 bits per heavy atom. The molecular weight excluding hydrogens is 269 g/mol. The maximum absolute atomic E-state index is 13.6. The number of nitrogens with one attached hydrogen (secondary N) is 1. The van der Waals surface area contributed by atoms with Gasteiger partial charge in [-0.3, -0.25) is 9.48 Å². The van der Waals surface area contributed by atoms with Crippen LogP contribution in [0.4, 0.5) is 4.39 Å². The lowest BCUT2D eigenvalue weighted by Crippen LogP contribution is -2.24. The Morgan fingerprint density at radius 2 is 2.26 bits per heavy atom. The molecule has 0 aliphatic rings. The van der Waals surface area contributed by atoms with E-state index in [2.05, 4.69) is 10.4 Å². The molecule has 0 saturated carbocycles. The molecule has 0 aliphatic heterocycles. The summed E-state index contributed by atoms with van der Waals surface area (Å²) in [6, 6.07) is 4.47. The van der Waals surface area contributed by atoms with Crippen molar-refractivity contribution < 1.29 is 9.18 Å². The standard InChI is InChI=1S/C13H13ClFN3O/c1-8-3-4-9(11(15)5-8)13(19)16-6-12-10(14)7-18(2)17-12/h3-5,7H,6H2,1-2H3,(H,16,19). The van der Waals surface area contributed by atoms with Gasteiger partial charge in [0.15, 0.2) is 0 Å². The van der Waals surface area contributed by atoms with Gasteiger partial charge in [0.25, 0.3) is 5.91 Å². The van der Waals surface area contributed by atoms with E-state index in [1.807, 2.05) is 0 Å². The number of nitrogens with zero attached hydrogens (tertiary/aromatic N) is 2. The molecule has 2 aromatic rings. The van der Waals surface area contributed by atoms with Crippen molar-refractivity contribution in [3.63, 3.8) is 0 Å². The first-order chi connectivity index (χ1) is 8.97. The average molecular weight is 282 g/mol. The van der Waals surface area contributed by atoms with Crippen molar-refractivity contribution in [1.29, 1.82) is 0 Å². The summed E-state index contributed by atoms with van der Waals surface area (Å²) in [5.74, 6) is -1.02. The van der Waals surface area contributed by atoms with Gasteiger partial charge in [-0.2, -0.15) is 5.10 Å². The number of benzene rings is 1. The summed E-state index contributed by atoms with van der Waals surface area (Å²) in [4.78, 5) is 11.8. The summed E-state index contributed by atoms with van der Waals surface area (Å²) in [6.07, 6.45) is 1.63. The topological polar surface area (TPSA) is 46.9 Å². The lowest BCUT2D eigenvalue weighted by molar-refractivity contribution is 0.0946. The van der Waals surface area contributed by atoms with E-state index in [0.29, 0.717) is 10.7 Å². The van der Waals surface area contributed by atoms with Crippen LogP contribution in [0.3, 0.4) is 0 Å². The molecule has 1 amide bonds. The molecule has 1 aromatic heterocycles. The third-order valence-corrected chi connectivity index (χ3v) is 2.96. The van der Waals surface area contributed by atoms with Crippen molar-refractivity contribution >= 4 is 17.5 Å². The number of rotatable bonds is 3. The van der Waals surface area contributed by atoms with Gasteiger partial charge in [-0.15, -0.1) is 0 Å². The fourth-order valence-electron chi connectivity index (χ4n) is 1.69. The summed E-state index contributed by atoms with van der Waals surface area (Å²) in [5.41, 5.74) is 1.32. The smallest absolute Gasteiger partial charge is 0.254 e. The molecule has 100 valence electrons. The van der Waals surface area contributed by atoms with E-state index < -0.39 is 11.7 Å². The van der Waals surface area contributed by atoms with Crippen molar-refractivity contribution in [3.05, 3.63) is 52.1 Å². The van der Waals surface area contributed by atoms with Crippen molar-refractivity contribution in [3.8, 4) is 0 Å².